The zero-order valence-corrected chi connectivity index (χ0v) is 10.6. The number of esters is 2. The first-order valence-electron chi connectivity index (χ1n) is 5.27. The molecule has 0 aliphatic rings. The molecule has 9 heteroatoms. The summed E-state index contributed by atoms with van der Waals surface area (Å²) in [7, 11) is 2.30. The molecule has 0 aromatic rings. The summed E-state index contributed by atoms with van der Waals surface area (Å²) in [4.78, 5) is 43.7. The van der Waals surface area contributed by atoms with E-state index >= 15 is 0 Å². The lowest BCUT2D eigenvalue weighted by molar-refractivity contribution is -0.305. The molecule has 1 amide bonds. The van der Waals surface area contributed by atoms with Crippen molar-refractivity contribution in [1.29, 1.82) is 0 Å². The van der Waals surface area contributed by atoms with Crippen molar-refractivity contribution >= 4 is 23.8 Å². The molecule has 0 saturated heterocycles. The van der Waals surface area contributed by atoms with Gasteiger partial charge in [-0.1, -0.05) is 0 Å². The van der Waals surface area contributed by atoms with Crippen molar-refractivity contribution in [3.05, 3.63) is 0 Å². The fourth-order valence-electron chi connectivity index (χ4n) is 1.02. The first kappa shape index (κ1) is 16.8. The Hall–Kier alpha value is -2.16. The van der Waals surface area contributed by atoms with Crippen LogP contribution in [0, 0.1) is 0 Å². The highest BCUT2D eigenvalue weighted by Gasteiger charge is 2.17. The van der Waals surface area contributed by atoms with Gasteiger partial charge < -0.3 is 19.4 Å². The summed E-state index contributed by atoms with van der Waals surface area (Å²) in [6.07, 6.45) is -0.794. The summed E-state index contributed by atoms with van der Waals surface area (Å²) < 4.78 is 8.78. The molecule has 0 saturated carbocycles. The topological polar surface area (TPSA) is 125 Å². The van der Waals surface area contributed by atoms with Crippen molar-refractivity contribution in [3.8, 4) is 0 Å². The molecule has 0 spiro atoms. The second-order valence-electron chi connectivity index (χ2n) is 3.42. The van der Waals surface area contributed by atoms with E-state index in [2.05, 4.69) is 14.9 Å². The molecule has 0 atom stereocenters. The number of hydrogen-bond donors (Lipinski definition) is 1. The second-order valence-corrected chi connectivity index (χ2v) is 3.42. The third kappa shape index (κ3) is 8.55. The van der Waals surface area contributed by atoms with E-state index in [1.54, 1.807) is 0 Å². The Kier molecular flexibility index (Phi) is 7.85. The van der Waals surface area contributed by atoms with Crippen LogP contribution in [0.3, 0.4) is 0 Å². The number of carboxylic acids is 1. The summed E-state index contributed by atoms with van der Waals surface area (Å²) in [5.41, 5.74) is 2.20. The van der Waals surface area contributed by atoms with E-state index in [0.29, 0.717) is 0 Å². The highest BCUT2D eigenvalue weighted by Crippen LogP contribution is 1.92. The van der Waals surface area contributed by atoms with Crippen LogP contribution in [0.2, 0.25) is 0 Å². The van der Waals surface area contributed by atoms with E-state index in [1.807, 2.05) is 0 Å². The molecule has 0 rings (SSSR count). The van der Waals surface area contributed by atoms with E-state index in [4.69, 9.17) is 0 Å². The number of rotatable bonds is 8. The van der Waals surface area contributed by atoms with Gasteiger partial charge in [-0.05, 0) is 6.42 Å². The van der Waals surface area contributed by atoms with Crippen LogP contribution in [-0.4, -0.2) is 56.1 Å². The Morgan fingerprint density at radius 2 is 1.47 bits per heavy atom. The molecule has 0 bridgehead atoms. The fraction of sp³-hybridized carbons (Fsp3) is 0.600. The number of ether oxygens (including phenoxy) is 2. The second kappa shape index (κ2) is 8.86. The largest absolute Gasteiger partial charge is 0.550 e. The maximum atomic E-state index is 11.3. The van der Waals surface area contributed by atoms with Crippen LogP contribution >= 0.6 is 0 Å². The maximum Gasteiger partial charge on any atom is 0.321 e. The Morgan fingerprint density at radius 1 is 1.00 bits per heavy atom. The molecule has 0 aliphatic heterocycles. The minimum absolute atomic E-state index is 0.332. The van der Waals surface area contributed by atoms with Gasteiger partial charge in [-0.3, -0.25) is 19.8 Å². The molecule has 19 heavy (non-hydrogen) atoms. The van der Waals surface area contributed by atoms with Crippen molar-refractivity contribution < 1.29 is 33.8 Å². The highest BCUT2D eigenvalue weighted by atomic mass is 16.5. The van der Waals surface area contributed by atoms with E-state index in [-0.39, 0.29) is 19.5 Å². The van der Waals surface area contributed by atoms with E-state index in [0.717, 1.165) is 19.2 Å². The number of carbonyl (C=O) groups is 4. The maximum absolute atomic E-state index is 11.3. The third-order valence-electron chi connectivity index (χ3n) is 1.93. The summed E-state index contributed by atoms with van der Waals surface area (Å²) >= 11 is 0. The van der Waals surface area contributed by atoms with Gasteiger partial charge in [0.25, 0.3) is 0 Å². The number of aliphatic carboxylic acids is 1. The summed E-state index contributed by atoms with van der Waals surface area (Å²) in [6.45, 7) is -0.745. The molecule has 0 aliphatic carbocycles. The van der Waals surface area contributed by atoms with Crippen molar-refractivity contribution in [2.75, 3.05) is 27.3 Å². The van der Waals surface area contributed by atoms with Crippen LogP contribution < -0.4 is 10.5 Å². The van der Waals surface area contributed by atoms with Gasteiger partial charge in [-0.25, -0.2) is 0 Å². The Morgan fingerprint density at radius 3 is 1.84 bits per heavy atom. The number of hydrogen-bond acceptors (Lipinski definition) is 8. The van der Waals surface area contributed by atoms with Crippen LogP contribution in [0.15, 0.2) is 0 Å². The third-order valence-corrected chi connectivity index (χ3v) is 1.93. The van der Waals surface area contributed by atoms with Crippen molar-refractivity contribution in [3.63, 3.8) is 0 Å². The Balaban J connectivity index is 4.39. The monoisotopic (exact) mass is 275 g/mol. The molecule has 0 fully saturated rings. The van der Waals surface area contributed by atoms with Gasteiger partial charge in [0, 0.05) is 12.4 Å². The van der Waals surface area contributed by atoms with Crippen molar-refractivity contribution in [1.82, 2.24) is 10.4 Å². The average Bonchev–Trinajstić information content (AvgIpc) is 2.35. The number of carboxylic acid groups (broad SMARTS) is 1. The summed E-state index contributed by atoms with van der Waals surface area (Å²) in [6, 6.07) is 0. The minimum Gasteiger partial charge on any atom is -0.550 e. The lowest BCUT2D eigenvalue weighted by Gasteiger charge is -2.20. The van der Waals surface area contributed by atoms with Crippen LogP contribution in [0.4, 0.5) is 0 Å². The molecular weight excluding hydrogens is 260 g/mol. The predicted octanol–water partition coefficient (Wildman–Crippen LogP) is -2.80. The molecule has 0 heterocycles. The molecule has 108 valence electrons. The first-order chi connectivity index (χ1) is 8.88. The van der Waals surface area contributed by atoms with Gasteiger partial charge in [0.15, 0.2) is 0 Å². The lowest BCUT2D eigenvalue weighted by Crippen LogP contribution is -2.48. The number of nitrogens with zero attached hydrogens (tertiary/aromatic N) is 1. The first-order valence-corrected chi connectivity index (χ1v) is 5.27. The Bertz CT molecular complexity index is 338. The molecule has 0 unspecified atom stereocenters. The van der Waals surface area contributed by atoms with E-state index in [9.17, 15) is 24.3 Å². The van der Waals surface area contributed by atoms with Gasteiger partial charge in [0.2, 0.25) is 5.91 Å². The average molecular weight is 275 g/mol. The zero-order chi connectivity index (χ0) is 14.8. The fourth-order valence-corrected chi connectivity index (χ4v) is 1.02. The SMILES string of the molecule is COC(=O)CN(CC(=O)OC)NC(=O)CCC(=O)[O-]. The number of carbonyl (C=O) groups excluding carboxylic acids is 4. The van der Waals surface area contributed by atoms with Crippen LogP contribution in [0.25, 0.3) is 0 Å². The summed E-state index contributed by atoms with van der Waals surface area (Å²) in [5.74, 6) is -3.40. The van der Waals surface area contributed by atoms with Crippen molar-refractivity contribution in [2.24, 2.45) is 0 Å². The quantitative estimate of drug-likeness (QED) is 0.372. The number of hydrazine groups is 1. The van der Waals surface area contributed by atoms with E-state index < -0.39 is 30.2 Å². The molecule has 0 aromatic heterocycles. The van der Waals surface area contributed by atoms with Crippen LogP contribution in [0.5, 0.6) is 0 Å². The van der Waals surface area contributed by atoms with Gasteiger partial charge in [0.1, 0.15) is 13.1 Å². The molecule has 0 radical (unpaired) electrons. The van der Waals surface area contributed by atoms with Crippen LogP contribution in [0.1, 0.15) is 12.8 Å². The summed E-state index contributed by atoms with van der Waals surface area (Å²) in [5, 5.41) is 11.2. The lowest BCUT2D eigenvalue weighted by atomic mass is 10.3. The molecule has 9 nitrogen and oxygen atoms in total. The number of methoxy groups -OCH3 is 2. The van der Waals surface area contributed by atoms with E-state index in [1.165, 1.54) is 0 Å². The molecular formula is C10H15N2O7-. The van der Waals surface area contributed by atoms with Gasteiger partial charge in [-0.2, -0.15) is 5.01 Å². The minimum atomic E-state index is -1.37. The predicted molar refractivity (Wildman–Crippen MR) is 58.0 cm³/mol. The Labute approximate surface area is 109 Å². The highest BCUT2D eigenvalue weighted by molar-refractivity contribution is 5.81. The zero-order valence-electron chi connectivity index (χ0n) is 10.6. The number of nitrogens with one attached hydrogen (secondary N) is 1. The van der Waals surface area contributed by atoms with Gasteiger partial charge in [0.05, 0.1) is 14.2 Å². The van der Waals surface area contributed by atoms with Gasteiger partial charge >= 0.3 is 11.9 Å². The van der Waals surface area contributed by atoms with Crippen molar-refractivity contribution in [2.45, 2.75) is 12.8 Å². The standard InChI is InChI=1S/C10H16N2O7/c1-18-9(16)5-12(6-10(17)19-2)11-7(13)3-4-8(14)15/h3-6H2,1-2H3,(H,11,13)(H,14,15)/p-1. The smallest absolute Gasteiger partial charge is 0.321 e. The van der Waals surface area contributed by atoms with Crippen LogP contribution in [-0.2, 0) is 28.7 Å². The number of amides is 1. The molecule has 1 N–H and O–H groups in total. The normalized spacial score (nSPS) is 9.84. The van der Waals surface area contributed by atoms with Gasteiger partial charge in [-0.15, -0.1) is 0 Å². The molecule has 0 aromatic carbocycles.